The summed E-state index contributed by atoms with van der Waals surface area (Å²) in [7, 11) is 0. The summed E-state index contributed by atoms with van der Waals surface area (Å²) in [6.07, 6.45) is 2.95. The van der Waals surface area contributed by atoms with Gasteiger partial charge in [0.05, 0.1) is 0 Å². The van der Waals surface area contributed by atoms with Crippen LogP contribution in [0.4, 0.5) is 0 Å². The number of esters is 2. The molecule has 1 unspecified atom stereocenters. The van der Waals surface area contributed by atoms with Crippen molar-refractivity contribution in [2.24, 2.45) is 0 Å². The third-order valence-electron chi connectivity index (χ3n) is 1.94. The van der Waals surface area contributed by atoms with Gasteiger partial charge in [-0.05, 0) is 11.6 Å². The zero-order valence-electron chi connectivity index (χ0n) is 10.0. The molecule has 4 heteroatoms. The molecule has 1 aromatic rings. The largest absolute Gasteiger partial charge is 0.422 e. The van der Waals surface area contributed by atoms with Crippen LogP contribution in [0.25, 0.3) is 6.08 Å². The lowest BCUT2D eigenvalue weighted by molar-refractivity contribution is -0.177. The Hall–Kier alpha value is -2.36. The van der Waals surface area contributed by atoms with Crippen molar-refractivity contribution in [3.63, 3.8) is 0 Å². The second-order valence-electron chi connectivity index (χ2n) is 3.39. The Labute approximate surface area is 106 Å². The first-order chi connectivity index (χ1) is 8.61. The average Bonchev–Trinajstić information content (AvgIpc) is 2.37. The van der Waals surface area contributed by atoms with Crippen molar-refractivity contribution in [2.45, 2.75) is 13.2 Å². The minimum atomic E-state index is -0.941. The van der Waals surface area contributed by atoms with Gasteiger partial charge in [-0.1, -0.05) is 36.9 Å². The summed E-state index contributed by atoms with van der Waals surface area (Å²) in [5.74, 6) is -1.22. The molecule has 18 heavy (non-hydrogen) atoms. The summed E-state index contributed by atoms with van der Waals surface area (Å²) in [4.78, 5) is 22.2. The van der Waals surface area contributed by atoms with Gasteiger partial charge in [0, 0.05) is 19.1 Å². The molecule has 0 saturated heterocycles. The monoisotopic (exact) mass is 246 g/mol. The van der Waals surface area contributed by atoms with E-state index in [1.807, 2.05) is 30.3 Å². The molecule has 0 saturated carbocycles. The van der Waals surface area contributed by atoms with Crippen molar-refractivity contribution in [3.8, 4) is 0 Å². The quantitative estimate of drug-likeness (QED) is 0.454. The second kappa shape index (κ2) is 7.06. The maximum Gasteiger partial charge on any atom is 0.333 e. The van der Waals surface area contributed by atoms with E-state index in [-0.39, 0.29) is 0 Å². The van der Waals surface area contributed by atoms with Crippen LogP contribution in [-0.4, -0.2) is 18.2 Å². The molecule has 4 nitrogen and oxygen atoms in total. The minimum Gasteiger partial charge on any atom is -0.422 e. The van der Waals surface area contributed by atoms with Gasteiger partial charge in [0.25, 0.3) is 0 Å². The van der Waals surface area contributed by atoms with Gasteiger partial charge in [0.15, 0.2) is 0 Å². The van der Waals surface area contributed by atoms with Gasteiger partial charge in [0.1, 0.15) is 0 Å². The maximum absolute atomic E-state index is 11.4. The summed E-state index contributed by atoms with van der Waals surface area (Å²) < 4.78 is 9.52. The highest BCUT2D eigenvalue weighted by atomic mass is 16.7. The predicted molar refractivity (Wildman–Crippen MR) is 67.3 cm³/mol. The third kappa shape index (κ3) is 5.12. The molecule has 94 valence electrons. The van der Waals surface area contributed by atoms with Crippen molar-refractivity contribution in [1.29, 1.82) is 0 Å². The van der Waals surface area contributed by atoms with Crippen LogP contribution >= 0.6 is 0 Å². The summed E-state index contributed by atoms with van der Waals surface area (Å²) >= 11 is 0. The number of ether oxygens (including phenoxy) is 2. The molecular formula is C14H14O4. The first-order valence-electron chi connectivity index (χ1n) is 5.38. The van der Waals surface area contributed by atoms with Crippen LogP contribution in [-0.2, 0) is 19.1 Å². The zero-order valence-corrected chi connectivity index (χ0v) is 10.0. The van der Waals surface area contributed by atoms with Crippen LogP contribution in [0.3, 0.4) is 0 Å². The van der Waals surface area contributed by atoms with Crippen molar-refractivity contribution < 1.29 is 19.1 Å². The number of benzene rings is 1. The van der Waals surface area contributed by atoms with Crippen LogP contribution in [0.15, 0.2) is 49.1 Å². The van der Waals surface area contributed by atoms with E-state index in [2.05, 4.69) is 11.3 Å². The Morgan fingerprint density at radius 2 is 1.78 bits per heavy atom. The van der Waals surface area contributed by atoms with Crippen molar-refractivity contribution in [3.05, 3.63) is 54.6 Å². The Morgan fingerprint density at radius 3 is 2.39 bits per heavy atom. The van der Waals surface area contributed by atoms with Gasteiger partial charge in [-0.2, -0.15) is 0 Å². The predicted octanol–water partition coefficient (Wildman–Crippen LogP) is 2.32. The molecule has 0 N–H and O–H groups in total. The highest BCUT2D eigenvalue weighted by Crippen LogP contribution is 2.02. The molecule has 1 rings (SSSR count). The van der Waals surface area contributed by atoms with Gasteiger partial charge >= 0.3 is 11.9 Å². The first-order valence-corrected chi connectivity index (χ1v) is 5.38. The van der Waals surface area contributed by atoms with E-state index in [0.717, 1.165) is 11.6 Å². The molecule has 0 spiro atoms. The number of carbonyl (C=O) groups is 2. The molecule has 0 amide bonds. The fourth-order valence-electron chi connectivity index (χ4n) is 1.17. The van der Waals surface area contributed by atoms with E-state index in [1.165, 1.54) is 13.0 Å². The van der Waals surface area contributed by atoms with Crippen LogP contribution in [0.1, 0.15) is 12.5 Å². The standard InChI is InChI=1S/C14H14O4/c1-3-13(15)17-11(2)18-14(16)10-9-12-7-5-4-6-8-12/h3-11H,1H2,2H3. The van der Waals surface area contributed by atoms with E-state index >= 15 is 0 Å². The van der Waals surface area contributed by atoms with Crippen LogP contribution in [0, 0.1) is 0 Å². The van der Waals surface area contributed by atoms with Crippen LogP contribution in [0.2, 0.25) is 0 Å². The maximum atomic E-state index is 11.4. The third-order valence-corrected chi connectivity index (χ3v) is 1.94. The highest BCUT2D eigenvalue weighted by Gasteiger charge is 2.09. The smallest absolute Gasteiger partial charge is 0.333 e. The summed E-state index contributed by atoms with van der Waals surface area (Å²) in [5.41, 5.74) is 0.880. The molecule has 0 aromatic heterocycles. The molecule has 0 heterocycles. The Kier molecular flexibility index (Phi) is 5.38. The lowest BCUT2D eigenvalue weighted by Crippen LogP contribution is -2.19. The number of hydrogen-bond acceptors (Lipinski definition) is 4. The second-order valence-corrected chi connectivity index (χ2v) is 3.39. The molecule has 0 fully saturated rings. The number of rotatable bonds is 5. The SMILES string of the molecule is C=CC(=O)OC(C)OC(=O)C=Cc1ccccc1. The summed E-state index contributed by atoms with van der Waals surface area (Å²) in [5, 5.41) is 0. The number of carbonyl (C=O) groups excluding carboxylic acids is 2. The Morgan fingerprint density at radius 1 is 1.17 bits per heavy atom. The van der Waals surface area contributed by atoms with Crippen LogP contribution in [0.5, 0.6) is 0 Å². The van der Waals surface area contributed by atoms with Crippen molar-refractivity contribution in [1.82, 2.24) is 0 Å². The topological polar surface area (TPSA) is 52.6 Å². The molecule has 0 aliphatic rings. The number of hydrogen-bond donors (Lipinski definition) is 0. The molecule has 1 aromatic carbocycles. The molecule has 0 aliphatic heterocycles. The van der Waals surface area contributed by atoms with E-state index in [4.69, 9.17) is 4.74 Å². The van der Waals surface area contributed by atoms with Crippen molar-refractivity contribution >= 4 is 18.0 Å². The fourth-order valence-corrected chi connectivity index (χ4v) is 1.17. The fraction of sp³-hybridized carbons (Fsp3) is 0.143. The average molecular weight is 246 g/mol. The van der Waals surface area contributed by atoms with Crippen LogP contribution < -0.4 is 0 Å². The van der Waals surface area contributed by atoms with Crippen molar-refractivity contribution in [2.75, 3.05) is 0 Å². The van der Waals surface area contributed by atoms with E-state index in [9.17, 15) is 9.59 Å². The summed E-state index contributed by atoms with van der Waals surface area (Å²) in [6.45, 7) is 4.69. The van der Waals surface area contributed by atoms with E-state index in [0.29, 0.717) is 0 Å². The Balaban J connectivity index is 2.44. The van der Waals surface area contributed by atoms with Gasteiger partial charge in [-0.25, -0.2) is 9.59 Å². The van der Waals surface area contributed by atoms with Gasteiger partial charge in [-0.15, -0.1) is 0 Å². The van der Waals surface area contributed by atoms with Gasteiger partial charge < -0.3 is 9.47 Å². The van der Waals surface area contributed by atoms with E-state index in [1.54, 1.807) is 6.08 Å². The lowest BCUT2D eigenvalue weighted by Gasteiger charge is -2.11. The van der Waals surface area contributed by atoms with Gasteiger partial charge in [-0.3, -0.25) is 0 Å². The molecule has 1 atom stereocenters. The Bertz CT molecular complexity index is 448. The first kappa shape index (κ1) is 13.7. The van der Waals surface area contributed by atoms with E-state index < -0.39 is 18.2 Å². The molecule has 0 radical (unpaired) electrons. The highest BCUT2D eigenvalue weighted by molar-refractivity contribution is 5.87. The van der Waals surface area contributed by atoms with Gasteiger partial charge in [0.2, 0.25) is 6.29 Å². The zero-order chi connectivity index (χ0) is 13.4. The molecule has 0 aliphatic carbocycles. The minimum absolute atomic E-state index is 0.580. The summed E-state index contributed by atoms with van der Waals surface area (Å²) in [6, 6.07) is 9.31. The molecule has 0 bridgehead atoms. The molecular weight excluding hydrogens is 232 g/mol. The normalized spacial score (nSPS) is 11.8. The lowest BCUT2D eigenvalue weighted by atomic mass is 10.2.